The standard InChI is InChI=1S/C21H35N3O2/c1-9-19(25)22-17-10-11-18(23(7)8)16(12-17)14-24(15(2)3)20(26)13-21(4,5)6/h10-12,15H,9,13-14H2,1-8H3,(H,22,25). The van der Waals surface area contributed by atoms with Crippen molar-refractivity contribution in [3.05, 3.63) is 23.8 Å². The Kier molecular flexibility index (Phi) is 7.67. The smallest absolute Gasteiger partial charge is 0.224 e. The first kappa shape index (κ1) is 22.0. The molecule has 0 saturated heterocycles. The molecule has 0 radical (unpaired) electrons. The lowest BCUT2D eigenvalue weighted by molar-refractivity contribution is -0.135. The Morgan fingerprint density at radius 1 is 1.15 bits per heavy atom. The molecule has 1 rings (SSSR count). The predicted molar refractivity (Wildman–Crippen MR) is 109 cm³/mol. The van der Waals surface area contributed by atoms with Crippen LogP contribution in [0.4, 0.5) is 11.4 Å². The molecule has 0 saturated carbocycles. The van der Waals surface area contributed by atoms with Gasteiger partial charge in [0.2, 0.25) is 11.8 Å². The van der Waals surface area contributed by atoms with Crippen LogP contribution in [-0.2, 0) is 16.1 Å². The summed E-state index contributed by atoms with van der Waals surface area (Å²) >= 11 is 0. The summed E-state index contributed by atoms with van der Waals surface area (Å²) in [5.41, 5.74) is 2.80. The lowest BCUT2D eigenvalue weighted by Crippen LogP contribution is -2.38. The fraction of sp³-hybridized carbons (Fsp3) is 0.619. The number of nitrogens with zero attached hydrogens (tertiary/aromatic N) is 2. The topological polar surface area (TPSA) is 52.7 Å². The van der Waals surface area contributed by atoms with Crippen molar-refractivity contribution >= 4 is 23.2 Å². The molecule has 2 amide bonds. The Hall–Kier alpha value is -2.04. The fourth-order valence-electron chi connectivity index (χ4n) is 2.77. The number of amides is 2. The Morgan fingerprint density at radius 2 is 1.77 bits per heavy atom. The van der Waals surface area contributed by atoms with E-state index in [2.05, 4.69) is 26.1 Å². The van der Waals surface area contributed by atoms with Crippen molar-refractivity contribution in [3.8, 4) is 0 Å². The minimum Gasteiger partial charge on any atom is -0.377 e. The summed E-state index contributed by atoms with van der Waals surface area (Å²) < 4.78 is 0. The Bertz CT molecular complexity index is 631. The molecular weight excluding hydrogens is 326 g/mol. The van der Waals surface area contributed by atoms with Gasteiger partial charge in [-0.25, -0.2) is 0 Å². The van der Waals surface area contributed by atoms with Gasteiger partial charge in [-0.1, -0.05) is 27.7 Å². The molecule has 0 aliphatic rings. The van der Waals surface area contributed by atoms with E-state index in [1.54, 1.807) is 0 Å². The van der Waals surface area contributed by atoms with E-state index in [1.807, 2.05) is 62.9 Å². The quantitative estimate of drug-likeness (QED) is 0.789. The molecule has 0 fully saturated rings. The summed E-state index contributed by atoms with van der Waals surface area (Å²) in [7, 11) is 3.97. The summed E-state index contributed by atoms with van der Waals surface area (Å²) in [6.07, 6.45) is 0.946. The Morgan fingerprint density at radius 3 is 2.23 bits per heavy atom. The highest BCUT2D eigenvalue weighted by Gasteiger charge is 2.24. The molecule has 1 aromatic rings. The van der Waals surface area contributed by atoms with E-state index in [0.29, 0.717) is 19.4 Å². The average Bonchev–Trinajstić information content (AvgIpc) is 2.50. The van der Waals surface area contributed by atoms with Crippen molar-refractivity contribution in [1.29, 1.82) is 0 Å². The van der Waals surface area contributed by atoms with E-state index in [1.165, 1.54) is 0 Å². The van der Waals surface area contributed by atoms with Gasteiger partial charge in [0.15, 0.2) is 0 Å². The van der Waals surface area contributed by atoms with Crippen LogP contribution in [0.25, 0.3) is 0 Å². The van der Waals surface area contributed by atoms with Crippen LogP contribution < -0.4 is 10.2 Å². The predicted octanol–water partition coefficient (Wildman–Crippen LogP) is 4.27. The van der Waals surface area contributed by atoms with E-state index in [-0.39, 0.29) is 23.3 Å². The normalized spacial score (nSPS) is 11.4. The molecule has 0 aromatic heterocycles. The third-order valence-electron chi connectivity index (χ3n) is 4.13. The number of hydrogen-bond donors (Lipinski definition) is 1. The summed E-state index contributed by atoms with van der Waals surface area (Å²) in [6, 6.07) is 5.98. The monoisotopic (exact) mass is 361 g/mol. The highest BCUT2D eigenvalue weighted by molar-refractivity contribution is 5.91. The Balaban J connectivity index is 3.17. The van der Waals surface area contributed by atoms with Gasteiger partial charge < -0.3 is 15.1 Å². The van der Waals surface area contributed by atoms with Gasteiger partial charge in [-0.3, -0.25) is 9.59 Å². The minimum absolute atomic E-state index is 0.0157. The van der Waals surface area contributed by atoms with Crippen molar-refractivity contribution in [1.82, 2.24) is 4.90 Å². The van der Waals surface area contributed by atoms with Crippen LogP contribution in [0, 0.1) is 5.41 Å². The first-order valence-electron chi connectivity index (χ1n) is 9.34. The maximum absolute atomic E-state index is 12.8. The molecule has 146 valence electrons. The molecule has 5 nitrogen and oxygen atoms in total. The van der Waals surface area contributed by atoms with Crippen LogP contribution in [0.5, 0.6) is 0 Å². The van der Waals surface area contributed by atoms with Crippen molar-refractivity contribution in [3.63, 3.8) is 0 Å². The van der Waals surface area contributed by atoms with E-state index in [9.17, 15) is 9.59 Å². The zero-order chi connectivity index (χ0) is 20.1. The molecule has 0 aliphatic heterocycles. The van der Waals surface area contributed by atoms with Crippen molar-refractivity contribution in [2.45, 2.75) is 67.0 Å². The molecule has 0 heterocycles. The van der Waals surface area contributed by atoms with Gasteiger partial charge in [-0.15, -0.1) is 0 Å². The third kappa shape index (κ3) is 6.70. The summed E-state index contributed by atoms with van der Waals surface area (Å²) in [4.78, 5) is 28.5. The number of benzene rings is 1. The van der Waals surface area contributed by atoms with E-state index in [4.69, 9.17) is 0 Å². The number of anilines is 2. The number of nitrogens with one attached hydrogen (secondary N) is 1. The molecule has 0 atom stereocenters. The number of hydrogen-bond acceptors (Lipinski definition) is 3. The third-order valence-corrected chi connectivity index (χ3v) is 4.13. The molecule has 0 aliphatic carbocycles. The maximum Gasteiger partial charge on any atom is 0.224 e. The Labute approximate surface area is 158 Å². The van der Waals surface area contributed by atoms with Gasteiger partial charge in [0.25, 0.3) is 0 Å². The molecule has 0 bridgehead atoms. The second-order valence-electron chi connectivity index (χ2n) is 8.49. The number of carbonyl (C=O) groups is 2. The second kappa shape index (κ2) is 9.06. The molecule has 0 spiro atoms. The van der Waals surface area contributed by atoms with E-state index in [0.717, 1.165) is 16.9 Å². The van der Waals surface area contributed by atoms with Gasteiger partial charge in [0.1, 0.15) is 0 Å². The highest BCUT2D eigenvalue weighted by atomic mass is 16.2. The lowest BCUT2D eigenvalue weighted by atomic mass is 9.91. The van der Waals surface area contributed by atoms with Gasteiger partial charge in [-0.2, -0.15) is 0 Å². The molecule has 0 unspecified atom stereocenters. The van der Waals surface area contributed by atoms with Crippen LogP contribution in [0.1, 0.15) is 59.9 Å². The summed E-state index contributed by atoms with van der Waals surface area (Å²) in [5.74, 6) is 0.137. The van der Waals surface area contributed by atoms with Crippen LogP contribution in [0.15, 0.2) is 18.2 Å². The molecule has 1 aromatic carbocycles. The molecule has 5 heteroatoms. The van der Waals surface area contributed by atoms with Crippen LogP contribution in [0.2, 0.25) is 0 Å². The van der Waals surface area contributed by atoms with E-state index >= 15 is 0 Å². The van der Waals surface area contributed by atoms with Crippen LogP contribution in [-0.4, -0.2) is 36.9 Å². The van der Waals surface area contributed by atoms with Crippen molar-refractivity contribution < 1.29 is 9.59 Å². The largest absolute Gasteiger partial charge is 0.377 e. The van der Waals surface area contributed by atoms with Gasteiger partial charge >= 0.3 is 0 Å². The minimum atomic E-state index is -0.0500. The average molecular weight is 362 g/mol. The van der Waals surface area contributed by atoms with Gasteiger partial charge in [0, 0.05) is 50.9 Å². The SMILES string of the molecule is CCC(=O)Nc1ccc(N(C)C)c(CN(C(=O)CC(C)(C)C)C(C)C)c1. The molecular formula is C21H35N3O2. The highest BCUT2D eigenvalue weighted by Crippen LogP contribution is 2.27. The second-order valence-corrected chi connectivity index (χ2v) is 8.49. The first-order valence-corrected chi connectivity index (χ1v) is 9.34. The molecule has 1 N–H and O–H groups in total. The van der Waals surface area contributed by atoms with Gasteiger partial charge in [-0.05, 0) is 43.0 Å². The fourth-order valence-corrected chi connectivity index (χ4v) is 2.77. The van der Waals surface area contributed by atoms with E-state index < -0.39 is 0 Å². The number of carbonyl (C=O) groups excluding carboxylic acids is 2. The first-order chi connectivity index (χ1) is 11.9. The zero-order valence-corrected chi connectivity index (χ0v) is 17.6. The van der Waals surface area contributed by atoms with Gasteiger partial charge in [0.05, 0.1) is 0 Å². The number of rotatable bonds is 7. The zero-order valence-electron chi connectivity index (χ0n) is 17.6. The molecule has 26 heavy (non-hydrogen) atoms. The maximum atomic E-state index is 12.8. The van der Waals surface area contributed by atoms with Crippen LogP contribution in [0.3, 0.4) is 0 Å². The van der Waals surface area contributed by atoms with Crippen LogP contribution >= 0.6 is 0 Å². The lowest BCUT2D eigenvalue weighted by Gasteiger charge is -2.31. The van der Waals surface area contributed by atoms with Crippen molar-refractivity contribution in [2.24, 2.45) is 5.41 Å². The summed E-state index contributed by atoms with van der Waals surface area (Å²) in [6.45, 7) is 12.7. The summed E-state index contributed by atoms with van der Waals surface area (Å²) in [5, 5.41) is 2.91. The van der Waals surface area contributed by atoms with Crippen molar-refractivity contribution in [2.75, 3.05) is 24.3 Å².